The van der Waals surface area contributed by atoms with Gasteiger partial charge in [-0.15, -0.1) is 0 Å². The minimum Gasteiger partial charge on any atom is -0.348 e. The zero-order valence-corrected chi connectivity index (χ0v) is 13.1. The molecule has 1 atom stereocenters. The summed E-state index contributed by atoms with van der Waals surface area (Å²) < 4.78 is 25.2. The van der Waals surface area contributed by atoms with Crippen LogP contribution in [-0.2, 0) is 9.47 Å². The maximum absolute atomic E-state index is 13.7. The Balaban J connectivity index is 1.77. The van der Waals surface area contributed by atoms with E-state index in [-0.39, 0.29) is 17.5 Å². The monoisotopic (exact) mass is 305 g/mol. The van der Waals surface area contributed by atoms with Crippen molar-refractivity contribution in [2.24, 2.45) is 5.92 Å². The number of rotatable bonds is 4. The van der Waals surface area contributed by atoms with E-state index < -0.39 is 0 Å². The molecule has 1 unspecified atom stereocenters. The lowest BCUT2D eigenvalue weighted by molar-refractivity contribution is -0.183. The highest BCUT2D eigenvalue weighted by atomic mass is 19.1. The van der Waals surface area contributed by atoms with Crippen LogP contribution in [-0.4, -0.2) is 25.2 Å². The van der Waals surface area contributed by atoms with Gasteiger partial charge in [0.25, 0.3) is 0 Å². The summed E-state index contributed by atoms with van der Waals surface area (Å²) in [4.78, 5) is 0. The Hall–Kier alpha value is -1.26. The van der Waals surface area contributed by atoms with E-state index in [2.05, 4.69) is 0 Å². The van der Waals surface area contributed by atoms with Gasteiger partial charge in [-0.1, -0.05) is 6.07 Å². The smallest absolute Gasteiger partial charge is 0.168 e. The van der Waals surface area contributed by atoms with Crippen molar-refractivity contribution in [1.29, 1.82) is 5.41 Å². The van der Waals surface area contributed by atoms with Crippen LogP contribution in [0.25, 0.3) is 0 Å². The third kappa shape index (κ3) is 3.08. The molecule has 1 spiro atoms. The molecule has 2 fully saturated rings. The highest BCUT2D eigenvalue weighted by Gasteiger charge is 2.42. The Morgan fingerprint density at radius 1 is 1.32 bits per heavy atom. The second-order valence-electron chi connectivity index (χ2n) is 6.49. The first-order chi connectivity index (χ1) is 10.6. The van der Waals surface area contributed by atoms with E-state index >= 15 is 0 Å². The standard InChI is InChI=1S/C18H24FNO2/c1-13-2-3-15(19)12-17(13)16(6-9-20)14-4-7-18(8-5-14)21-10-11-22-18/h2-3,9,12,14,16,20H,4-8,10-11H2,1H3. The molecule has 1 aromatic rings. The average Bonchev–Trinajstić information content (AvgIpc) is 2.97. The molecule has 0 aromatic heterocycles. The summed E-state index contributed by atoms with van der Waals surface area (Å²) in [5.74, 6) is 0.126. The van der Waals surface area contributed by atoms with Gasteiger partial charge in [0, 0.05) is 12.8 Å². The Kier molecular flexibility index (Phi) is 4.59. The molecule has 1 N–H and O–H groups in total. The third-order valence-corrected chi connectivity index (χ3v) is 5.19. The SMILES string of the molecule is Cc1ccc(F)cc1C(CC=N)C1CCC2(CC1)OCCO2. The summed E-state index contributed by atoms with van der Waals surface area (Å²) in [6, 6.07) is 5.00. The highest BCUT2D eigenvalue weighted by Crippen LogP contribution is 2.44. The molecule has 0 radical (unpaired) electrons. The molecule has 3 rings (SSSR count). The van der Waals surface area contributed by atoms with Gasteiger partial charge in [0.1, 0.15) is 5.82 Å². The number of nitrogens with one attached hydrogen (secondary N) is 1. The Bertz CT molecular complexity index is 530. The summed E-state index contributed by atoms with van der Waals surface area (Å²) in [5, 5.41) is 7.52. The molecule has 1 aliphatic carbocycles. The van der Waals surface area contributed by atoms with Gasteiger partial charge < -0.3 is 14.9 Å². The zero-order chi connectivity index (χ0) is 15.6. The van der Waals surface area contributed by atoms with Crippen molar-refractivity contribution in [1.82, 2.24) is 0 Å². The molecular weight excluding hydrogens is 281 g/mol. The Morgan fingerprint density at radius 2 is 2.00 bits per heavy atom. The minimum atomic E-state index is -0.358. The first-order valence-electron chi connectivity index (χ1n) is 8.16. The predicted molar refractivity (Wildman–Crippen MR) is 83.9 cm³/mol. The number of hydrogen-bond donors (Lipinski definition) is 1. The maximum Gasteiger partial charge on any atom is 0.168 e. The van der Waals surface area contributed by atoms with Crippen molar-refractivity contribution in [2.75, 3.05) is 13.2 Å². The normalized spacial score (nSPS) is 22.8. The van der Waals surface area contributed by atoms with Crippen molar-refractivity contribution in [3.05, 3.63) is 35.1 Å². The molecular formula is C18H24FNO2. The van der Waals surface area contributed by atoms with Crippen LogP contribution in [0.5, 0.6) is 0 Å². The summed E-state index contributed by atoms with van der Waals surface area (Å²) >= 11 is 0. The highest BCUT2D eigenvalue weighted by molar-refractivity contribution is 5.55. The lowest BCUT2D eigenvalue weighted by Gasteiger charge is -2.38. The van der Waals surface area contributed by atoms with Crippen molar-refractivity contribution in [3.63, 3.8) is 0 Å². The molecule has 2 aliphatic rings. The van der Waals surface area contributed by atoms with E-state index in [1.165, 1.54) is 12.3 Å². The number of ether oxygens (including phenoxy) is 2. The first kappa shape index (κ1) is 15.6. The van der Waals surface area contributed by atoms with Crippen LogP contribution in [0.1, 0.15) is 49.1 Å². The fraction of sp³-hybridized carbons (Fsp3) is 0.611. The van der Waals surface area contributed by atoms with Gasteiger partial charge in [0.05, 0.1) is 13.2 Å². The molecule has 0 amide bonds. The van der Waals surface area contributed by atoms with Crippen molar-refractivity contribution < 1.29 is 13.9 Å². The summed E-state index contributed by atoms with van der Waals surface area (Å²) in [6.07, 6.45) is 5.95. The van der Waals surface area contributed by atoms with Gasteiger partial charge in [-0.05, 0) is 67.5 Å². The molecule has 3 nitrogen and oxygen atoms in total. The van der Waals surface area contributed by atoms with Gasteiger partial charge in [0.2, 0.25) is 0 Å². The van der Waals surface area contributed by atoms with E-state index in [1.54, 1.807) is 6.07 Å². The molecule has 1 aliphatic heterocycles. The van der Waals surface area contributed by atoms with E-state index in [9.17, 15) is 4.39 Å². The van der Waals surface area contributed by atoms with Crippen LogP contribution in [0.3, 0.4) is 0 Å². The molecule has 1 saturated carbocycles. The van der Waals surface area contributed by atoms with Gasteiger partial charge >= 0.3 is 0 Å². The van der Waals surface area contributed by atoms with Crippen LogP contribution in [0.15, 0.2) is 18.2 Å². The lowest BCUT2D eigenvalue weighted by atomic mass is 9.73. The number of aryl methyl sites for hydroxylation is 1. The summed E-state index contributed by atoms with van der Waals surface area (Å²) in [6.45, 7) is 3.41. The van der Waals surface area contributed by atoms with Crippen LogP contribution < -0.4 is 0 Å². The average molecular weight is 305 g/mol. The lowest BCUT2D eigenvalue weighted by Crippen LogP contribution is -2.36. The van der Waals surface area contributed by atoms with Crippen LogP contribution >= 0.6 is 0 Å². The molecule has 4 heteroatoms. The summed E-state index contributed by atoms with van der Waals surface area (Å²) in [7, 11) is 0. The van der Waals surface area contributed by atoms with E-state index in [1.807, 2.05) is 13.0 Å². The van der Waals surface area contributed by atoms with Gasteiger partial charge in [-0.2, -0.15) is 0 Å². The van der Waals surface area contributed by atoms with Gasteiger partial charge in [-0.25, -0.2) is 4.39 Å². The second-order valence-corrected chi connectivity index (χ2v) is 6.49. The molecule has 1 saturated heterocycles. The molecule has 1 heterocycles. The van der Waals surface area contributed by atoms with Crippen molar-refractivity contribution in [2.45, 2.75) is 50.7 Å². The van der Waals surface area contributed by atoms with Crippen molar-refractivity contribution >= 4 is 6.21 Å². The molecule has 120 valence electrons. The number of halogens is 1. The molecule has 22 heavy (non-hydrogen) atoms. The fourth-order valence-electron chi connectivity index (χ4n) is 3.98. The van der Waals surface area contributed by atoms with Gasteiger partial charge in [-0.3, -0.25) is 0 Å². The van der Waals surface area contributed by atoms with Crippen molar-refractivity contribution in [3.8, 4) is 0 Å². The van der Waals surface area contributed by atoms with E-state index in [0.29, 0.717) is 25.6 Å². The first-order valence-corrected chi connectivity index (χ1v) is 8.16. The van der Waals surface area contributed by atoms with E-state index in [4.69, 9.17) is 14.9 Å². The minimum absolute atomic E-state index is 0.190. The second kappa shape index (κ2) is 6.47. The van der Waals surface area contributed by atoms with Crippen LogP contribution in [0.4, 0.5) is 4.39 Å². The van der Waals surface area contributed by atoms with Crippen LogP contribution in [0, 0.1) is 24.1 Å². The molecule has 1 aromatic carbocycles. The van der Waals surface area contributed by atoms with Crippen LogP contribution in [0.2, 0.25) is 0 Å². The summed E-state index contributed by atoms with van der Waals surface area (Å²) in [5.41, 5.74) is 2.17. The number of hydrogen-bond acceptors (Lipinski definition) is 3. The maximum atomic E-state index is 13.7. The third-order valence-electron chi connectivity index (χ3n) is 5.19. The van der Waals surface area contributed by atoms with Gasteiger partial charge in [0.15, 0.2) is 5.79 Å². The quantitative estimate of drug-likeness (QED) is 0.847. The Labute approximate surface area is 131 Å². The number of benzene rings is 1. The Morgan fingerprint density at radius 3 is 2.64 bits per heavy atom. The fourth-order valence-corrected chi connectivity index (χ4v) is 3.98. The zero-order valence-electron chi connectivity index (χ0n) is 13.1. The molecule has 0 bridgehead atoms. The predicted octanol–water partition coefficient (Wildman–Crippen LogP) is 4.19. The van der Waals surface area contributed by atoms with E-state index in [0.717, 1.165) is 36.8 Å². The topological polar surface area (TPSA) is 42.3 Å². The largest absolute Gasteiger partial charge is 0.348 e.